The van der Waals surface area contributed by atoms with Crippen LogP contribution >= 0.6 is 0 Å². The summed E-state index contributed by atoms with van der Waals surface area (Å²) in [5.41, 5.74) is 3.34. The van der Waals surface area contributed by atoms with Crippen molar-refractivity contribution in [1.82, 2.24) is 9.97 Å². The van der Waals surface area contributed by atoms with E-state index < -0.39 is 10.0 Å². The number of nitrogens with zero attached hydrogens (tertiary/aromatic N) is 2. The molecule has 0 saturated carbocycles. The normalized spacial score (nSPS) is 13.7. The third-order valence-electron chi connectivity index (χ3n) is 6.11. The Bertz CT molecular complexity index is 1620. The predicted octanol–water partition coefficient (Wildman–Crippen LogP) is 5.13. The summed E-state index contributed by atoms with van der Waals surface area (Å²) in [7, 11) is -3.87. The monoisotopic (exact) mass is 544 g/mol. The first-order valence-corrected chi connectivity index (χ1v) is 13.8. The topological polar surface area (TPSA) is 120 Å². The van der Waals surface area contributed by atoms with Gasteiger partial charge >= 0.3 is 0 Å². The maximum atomic E-state index is 12.7. The van der Waals surface area contributed by atoms with Crippen LogP contribution in [0.1, 0.15) is 41.0 Å². The number of para-hydroxylation sites is 1. The van der Waals surface area contributed by atoms with E-state index in [2.05, 4.69) is 33.9 Å². The lowest BCUT2D eigenvalue weighted by molar-refractivity contribution is 0.102. The van der Waals surface area contributed by atoms with Crippen molar-refractivity contribution in [2.45, 2.75) is 44.3 Å². The number of hydrogen-bond donors (Lipinski definition) is 2. The molecule has 0 radical (unpaired) electrons. The largest absolute Gasteiger partial charge is 0.485 e. The number of aryl methyl sites for hydroxylation is 1. The molecule has 0 bridgehead atoms. The van der Waals surface area contributed by atoms with Crippen molar-refractivity contribution in [3.05, 3.63) is 101 Å². The van der Waals surface area contributed by atoms with Crippen LogP contribution in [0.15, 0.2) is 83.9 Å². The number of nitrogens with one attached hydrogen (secondary N) is 2. The molecular weight excluding hydrogens is 516 g/mol. The van der Waals surface area contributed by atoms with Crippen molar-refractivity contribution in [1.29, 1.82) is 0 Å². The van der Waals surface area contributed by atoms with Crippen LogP contribution in [-0.4, -0.2) is 29.9 Å². The number of amides is 1. The molecule has 1 aliphatic rings. The Morgan fingerprint density at radius 2 is 1.77 bits per heavy atom. The second-order valence-corrected chi connectivity index (χ2v) is 11.6. The van der Waals surface area contributed by atoms with Gasteiger partial charge in [0.15, 0.2) is 11.5 Å². The Hall–Kier alpha value is -4.44. The molecule has 0 saturated heterocycles. The fourth-order valence-corrected chi connectivity index (χ4v) is 5.16. The highest BCUT2D eigenvalue weighted by molar-refractivity contribution is 7.92. The van der Waals surface area contributed by atoms with Crippen LogP contribution in [0.2, 0.25) is 0 Å². The number of sulfonamides is 1. The Balaban J connectivity index is 1.18. The van der Waals surface area contributed by atoms with Gasteiger partial charge in [-0.05, 0) is 74.9 Å². The molecular formula is C29H28N4O5S. The molecule has 4 aromatic rings. The number of anilines is 2. The van der Waals surface area contributed by atoms with Gasteiger partial charge in [0.2, 0.25) is 5.95 Å². The first-order valence-electron chi connectivity index (χ1n) is 12.3. The van der Waals surface area contributed by atoms with Crippen molar-refractivity contribution in [2.24, 2.45) is 0 Å². The fraction of sp³-hybridized carbons (Fsp3) is 0.207. The van der Waals surface area contributed by atoms with Crippen LogP contribution in [0.5, 0.6) is 11.5 Å². The molecule has 3 aromatic carbocycles. The summed E-state index contributed by atoms with van der Waals surface area (Å²) in [4.78, 5) is 20.7. The summed E-state index contributed by atoms with van der Waals surface area (Å²) in [5, 5.41) is 2.78. The molecule has 2 N–H and O–H groups in total. The molecule has 1 aromatic heterocycles. The molecule has 0 unspecified atom stereocenters. The second kappa shape index (κ2) is 10.4. The Morgan fingerprint density at radius 1 is 1.03 bits per heavy atom. The Labute approximate surface area is 227 Å². The lowest BCUT2D eigenvalue weighted by Crippen LogP contribution is -2.24. The number of rotatable bonds is 8. The number of benzene rings is 3. The van der Waals surface area contributed by atoms with E-state index in [-0.39, 0.29) is 22.4 Å². The third kappa shape index (κ3) is 6.18. The van der Waals surface area contributed by atoms with E-state index >= 15 is 0 Å². The molecule has 5 rings (SSSR count). The van der Waals surface area contributed by atoms with E-state index in [0.717, 1.165) is 23.3 Å². The van der Waals surface area contributed by atoms with Gasteiger partial charge < -0.3 is 14.8 Å². The zero-order valence-corrected chi connectivity index (χ0v) is 22.6. The van der Waals surface area contributed by atoms with E-state index in [4.69, 9.17) is 9.47 Å². The number of ether oxygens (including phenoxy) is 2. The highest BCUT2D eigenvalue weighted by atomic mass is 32.2. The molecule has 0 atom stereocenters. The van der Waals surface area contributed by atoms with Crippen LogP contribution in [0.25, 0.3) is 0 Å². The van der Waals surface area contributed by atoms with Crippen molar-refractivity contribution < 1.29 is 22.7 Å². The maximum Gasteiger partial charge on any atom is 0.264 e. The van der Waals surface area contributed by atoms with Crippen molar-refractivity contribution in [2.75, 3.05) is 10.0 Å². The van der Waals surface area contributed by atoms with Crippen LogP contribution in [-0.2, 0) is 23.1 Å². The van der Waals surface area contributed by atoms with Gasteiger partial charge in [-0.15, -0.1) is 0 Å². The van der Waals surface area contributed by atoms with E-state index in [0.29, 0.717) is 29.3 Å². The first kappa shape index (κ1) is 26.2. The van der Waals surface area contributed by atoms with E-state index in [9.17, 15) is 13.2 Å². The zero-order valence-electron chi connectivity index (χ0n) is 21.8. The number of fused-ring (bicyclic) bond motifs is 1. The number of aromatic nitrogens is 2. The molecule has 1 aliphatic heterocycles. The lowest BCUT2D eigenvalue weighted by Gasteiger charge is -2.18. The fourth-order valence-electron chi connectivity index (χ4n) is 4.21. The summed E-state index contributed by atoms with van der Waals surface area (Å²) in [6, 6.07) is 20.5. The SMILES string of the molecule is Cc1ccnc(NS(=O)(=O)c2ccc(NC(=O)c3ccc(COc4cccc5c4OC(C)(C)C5)cc3)cc2)n1. The quantitative estimate of drug-likeness (QED) is 0.316. The van der Waals surface area contributed by atoms with Gasteiger partial charge in [-0.2, -0.15) is 0 Å². The standard InChI is InChI=1S/C29H28N4O5S/c1-19-15-16-30-28(31-19)33-39(35,36)24-13-11-23(12-14-24)32-27(34)21-9-7-20(8-10-21)18-37-25-6-4-5-22-17-29(2,3)38-26(22)25/h4-16H,17-18H2,1-3H3,(H,32,34)(H,30,31,33). The Morgan fingerprint density at radius 3 is 2.49 bits per heavy atom. The van der Waals surface area contributed by atoms with Gasteiger partial charge in [-0.25, -0.2) is 23.1 Å². The van der Waals surface area contributed by atoms with E-state index in [1.807, 2.05) is 30.3 Å². The van der Waals surface area contributed by atoms with Gasteiger partial charge in [0, 0.05) is 35.1 Å². The van der Waals surface area contributed by atoms with Crippen molar-refractivity contribution in [3.63, 3.8) is 0 Å². The molecule has 10 heteroatoms. The highest BCUT2D eigenvalue weighted by Gasteiger charge is 2.32. The number of carbonyl (C=O) groups is 1. The average molecular weight is 545 g/mol. The van der Waals surface area contributed by atoms with Crippen molar-refractivity contribution in [3.8, 4) is 11.5 Å². The van der Waals surface area contributed by atoms with E-state index in [1.54, 1.807) is 25.1 Å². The molecule has 9 nitrogen and oxygen atoms in total. The van der Waals surface area contributed by atoms with Gasteiger partial charge in [0.1, 0.15) is 12.2 Å². The highest BCUT2D eigenvalue weighted by Crippen LogP contribution is 2.42. The minimum atomic E-state index is -3.87. The molecule has 2 heterocycles. The van der Waals surface area contributed by atoms with Crippen molar-refractivity contribution >= 4 is 27.6 Å². The summed E-state index contributed by atoms with van der Waals surface area (Å²) >= 11 is 0. The molecule has 200 valence electrons. The summed E-state index contributed by atoms with van der Waals surface area (Å²) in [6.07, 6.45) is 2.31. The maximum absolute atomic E-state index is 12.7. The smallest absolute Gasteiger partial charge is 0.264 e. The third-order valence-corrected chi connectivity index (χ3v) is 7.45. The first-order chi connectivity index (χ1) is 18.6. The minimum absolute atomic E-state index is 0.00816. The molecule has 0 fully saturated rings. The second-order valence-electron chi connectivity index (χ2n) is 9.87. The lowest BCUT2D eigenvalue weighted by atomic mass is 10.0. The summed E-state index contributed by atoms with van der Waals surface area (Å²) < 4.78 is 39.7. The van der Waals surface area contributed by atoms with Gasteiger partial charge in [0.25, 0.3) is 15.9 Å². The molecule has 0 spiro atoms. The predicted molar refractivity (Wildman–Crippen MR) is 148 cm³/mol. The van der Waals surface area contributed by atoms with Crippen LogP contribution in [0.4, 0.5) is 11.6 Å². The Kier molecular flexibility index (Phi) is 6.96. The van der Waals surface area contributed by atoms with Crippen LogP contribution in [0, 0.1) is 6.92 Å². The molecule has 39 heavy (non-hydrogen) atoms. The summed E-state index contributed by atoms with van der Waals surface area (Å²) in [5.74, 6) is 1.16. The van der Waals surface area contributed by atoms with Gasteiger partial charge in [0.05, 0.1) is 4.90 Å². The molecule has 0 aliphatic carbocycles. The van der Waals surface area contributed by atoms with Crippen LogP contribution < -0.4 is 19.5 Å². The molecule has 1 amide bonds. The van der Waals surface area contributed by atoms with Gasteiger partial charge in [-0.1, -0.05) is 24.3 Å². The summed E-state index contributed by atoms with van der Waals surface area (Å²) in [6.45, 7) is 6.18. The van der Waals surface area contributed by atoms with Crippen LogP contribution in [0.3, 0.4) is 0 Å². The van der Waals surface area contributed by atoms with E-state index in [1.165, 1.54) is 30.5 Å². The van der Waals surface area contributed by atoms with Gasteiger partial charge in [-0.3, -0.25) is 4.79 Å². The number of hydrogen-bond acceptors (Lipinski definition) is 7. The number of carbonyl (C=O) groups excluding carboxylic acids is 1. The zero-order chi connectivity index (χ0) is 27.6. The average Bonchev–Trinajstić information content (AvgIpc) is 3.22. The minimum Gasteiger partial charge on any atom is -0.485 e.